The number of aryl methyl sites for hydroxylation is 1. The third-order valence-corrected chi connectivity index (χ3v) is 2.84. The number of aromatic hydroxyl groups is 2. The molecule has 1 aromatic rings. The minimum absolute atomic E-state index is 0.0236. The minimum atomic E-state index is -0.0236. The Morgan fingerprint density at radius 3 is 1.86 bits per heavy atom. The second-order valence-electron chi connectivity index (χ2n) is 4.35. The van der Waals surface area contributed by atoms with Crippen LogP contribution in [0.5, 0.6) is 11.5 Å². The van der Waals surface area contributed by atoms with Gasteiger partial charge in [-0.25, -0.2) is 0 Å². The molecule has 0 radical (unpaired) electrons. The second-order valence-corrected chi connectivity index (χ2v) is 6.18. The number of thioether (sulfide) groups is 1. The van der Waals surface area contributed by atoms with Crippen LogP contribution in [0.1, 0.15) is 26.3 Å². The van der Waals surface area contributed by atoms with Gasteiger partial charge in [0.1, 0.15) is 11.5 Å². The van der Waals surface area contributed by atoms with E-state index in [1.807, 2.05) is 27.7 Å². The third-order valence-electron chi connectivity index (χ3n) is 1.60. The van der Waals surface area contributed by atoms with Gasteiger partial charge in [-0.1, -0.05) is 20.8 Å². The second kappa shape index (κ2) is 3.73. The van der Waals surface area contributed by atoms with Gasteiger partial charge in [-0.2, -0.15) is 0 Å². The molecule has 0 unspecified atom stereocenters. The number of hydrogen-bond acceptors (Lipinski definition) is 3. The molecule has 0 heterocycles. The summed E-state index contributed by atoms with van der Waals surface area (Å²) in [6, 6.07) is 3.32. The summed E-state index contributed by atoms with van der Waals surface area (Å²) in [5, 5.41) is 19.3. The summed E-state index contributed by atoms with van der Waals surface area (Å²) in [5.74, 6) is 0.310. The van der Waals surface area contributed by atoms with Gasteiger partial charge in [0.05, 0.1) is 4.90 Å². The van der Waals surface area contributed by atoms with Gasteiger partial charge in [-0.15, -0.1) is 11.8 Å². The Morgan fingerprint density at radius 2 is 1.50 bits per heavy atom. The average molecular weight is 212 g/mol. The third kappa shape index (κ3) is 2.84. The zero-order valence-electron chi connectivity index (χ0n) is 8.96. The van der Waals surface area contributed by atoms with Crippen molar-refractivity contribution in [3.8, 4) is 11.5 Å². The molecule has 0 fully saturated rings. The van der Waals surface area contributed by atoms with Gasteiger partial charge >= 0.3 is 0 Å². The molecule has 0 bridgehead atoms. The van der Waals surface area contributed by atoms with Gasteiger partial charge in [-0.05, 0) is 24.6 Å². The molecular formula is C11H16O2S. The zero-order chi connectivity index (χ0) is 10.9. The lowest BCUT2D eigenvalue weighted by atomic mass is 10.2. The molecule has 78 valence electrons. The normalized spacial score (nSPS) is 11.7. The number of hydrogen-bond donors (Lipinski definition) is 2. The van der Waals surface area contributed by atoms with E-state index in [-0.39, 0.29) is 16.2 Å². The fourth-order valence-electron chi connectivity index (χ4n) is 1.15. The van der Waals surface area contributed by atoms with Crippen LogP contribution in [-0.2, 0) is 0 Å². The fourth-order valence-corrected chi connectivity index (χ4v) is 2.09. The van der Waals surface area contributed by atoms with E-state index in [2.05, 4.69) is 0 Å². The lowest BCUT2D eigenvalue weighted by molar-refractivity contribution is 0.427. The average Bonchev–Trinajstić information content (AvgIpc) is 1.95. The zero-order valence-corrected chi connectivity index (χ0v) is 9.77. The fraction of sp³-hybridized carbons (Fsp3) is 0.455. The van der Waals surface area contributed by atoms with E-state index < -0.39 is 0 Å². The molecule has 2 N–H and O–H groups in total. The minimum Gasteiger partial charge on any atom is -0.507 e. The van der Waals surface area contributed by atoms with E-state index in [1.54, 1.807) is 12.1 Å². The predicted octanol–water partition coefficient (Wildman–Crippen LogP) is 3.30. The maximum absolute atomic E-state index is 9.65. The maximum Gasteiger partial charge on any atom is 0.133 e. The number of phenolic OH excluding ortho intramolecular Hbond substituents is 2. The summed E-state index contributed by atoms with van der Waals surface area (Å²) in [6.45, 7) is 7.95. The molecule has 1 aromatic carbocycles. The van der Waals surface area contributed by atoms with E-state index in [0.29, 0.717) is 4.90 Å². The lowest BCUT2D eigenvalue weighted by Crippen LogP contribution is -2.06. The van der Waals surface area contributed by atoms with Crippen LogP contribution in [0.25, 0.3) is 0 Å². The van der Waals surface area contributed by atoms with Gasteiger partial charge in [0.15, 0.2) is 0 Å². The Labute approximate surface area is 89.0 Å². The molecule has 14 heavy (non-hydrogen) atoms. The van der Waals surface area contributed by atoms with Crippen LogP contribution < -0.4 is 0 Å². The van der Waals surface area contributed by atoms with Crippen LogP contribution in [-0.4, -0.2) is 15.0 Å². The molecule has 0 aromatic heterocycles. The molecule has 0 aliphatic carbocycles. The van der Waals surface area contributed by atoms with Gasteiger partial charge in [0.2, 0.25) is 0 Å². The molecule has 1 rings (SSSR count). The van der Waals surface area contributed by atoms with Crippen molar-refractivity contribution >= 4 is 11.8 Å². The number of rotatable bonds is 1. The standard InChI is InChI=1S/C11H16O2S/c1-7-5-8(12)10(9(13)6-7)14-11(2,3)4/h5-6,12-13H,1-4H3. The van der Waals surface area contributed by atoms with Crippen molar-refractivity contribution in [3.63, 3.8) is 0 Å². The van der Waals surface area contributed by atoms with Crippen molar-refractivity contribution in [3.05, 3.63) is 17.7 Å². The summed E-state index contributed by atoms with van der Waals surface area (Å²) in [6.07, 6.45) is 0. The first-order chi connectivity index (χ1) is 6.29. The van der Waals surface area contributed by atoms with Gasteiger partial charge < -0.3 is 10.2 Å². The van der Waals surface area contributed by atoms with E-state index in [0.717, 1.165) is 5.56 Å². The van der Waals surface area contributed by atoms with Crippen molar-refractivity contribution in [1.29, 1.82) is 0 Å². The van der Waals surface area contributed by atoms with E-state index in [1.165, 1.54) is 11.8 Å². The Balaban J connectivity index is 3.09. The largest absolute Gasteiger partial charge is 0.507 e. The first-order valence-corrected chi connectivity index (χ1v) is 5.33. The highest BCUT2D eigenvalue weighted by Crippen LogP contribution is 2.43. The van der Waals surface area contributed by atoms with E-state index >= 15 is 0 Å². The van der Waals surface area contributed by atoms with E-state index in [4.69, 9.17) is 0 Å². The van der Waals surface area contributed by atoms with Gasteiger partial charge in [-0.3, -0.25) is 0 Å². The van der Waals surface area contributed by atoms with Crippen LogP contribution in [0.2, 0.25) is 0 Å². The molecule has 0 aliphatic heterocycles. The predicted molar refractivity (Wildman–Crippen MR) is 60.1 cm³/mol. The van der Waals surface area contributed by atoms with Crippen LogP contribution in [0, 0.1) is 6.92 Å². The Hall–Kier alpha value is -0.830. The van der Waals surface area contributed by atoms with Gasteiger partial charge in [0, 0.05) is 4.75 Å². The van der Waals surface area contributed by atoms with Crippen molar-refractivity contribution in [1.82, 2.24) is 0 Å². The Bertz CT molecular complexity index is 317. The molecule has 0 atom stereocenters. The van der Waals surface area contributed by atoms with Crippen LogP contribution in [0.15, 0.2) is 17.0 Å². The van der Waals surface area contributed by atoms with Crippen molar-refractivity contribution < 1.29 is 10.2 Å². The molecule has 0 spiro atoms. The summed E-state index contributed by atoms with van der Waals surface area (Å²) in [7, 11) is 0. The lowest BCUT2D eigenvalue weighted by Gasteiger charge is -2.19. The van der Waals surface area contributed by atoms with Crippen molar-refractivity contribution in [2.24, 2.45) is 0 Å². The highest BCUT2D eigenvalue weighted by Gasteiger charge is 2.18. The van der Waals surface area contributed by atoms with E-state index in [9.17, 15) is 10.2 Å². The summed E-state index contributed by atoms with van der Waals surface area (Å²) in [5.41, 5.74) is 0.859. The molecule has 3 heteroatoms. The summed E-state index contributed by atoms with van der Waals surface area (Å²) < 4.78 is -0.0236. The molecule has 0 saturated heterocycles. The Morgan fingerprint density at radius 1 is 1.07 bits per heavy atom. The molecule has 2 nitrogen and oxygen atoms in total. The molecular weight excluding hydrogens is 196 g/mol. The van der Waals surface area contributed by atoms with Crippen LogP contribution in [0.3, 0.4) is 0 Å². The van der Waals surface area contributed by atoms with Gasteiger partial charge in [0.25, 0.3) is 0 Å². The summed E-state index contributed by atoms with van der Waals surface area (Å²) in [4.78, 5) is 0.558. The maximum atomic E-state index is 9.65. The quantitative estimate of drug-likeness (QED) is 0.702. The topological polar surface area (TPSA) is 40.5 Å². The first-order valence-electron chi connectivity index (χ1n) is 4.51. The summed E-state index contributed by atoms with van der Waals surface area (Å²) >= 11 is 1.46. The number of phenols is 2. The highest BCUT2D eigenvalue weighted by atomic mass is 32.2. The molecule has 0 amide bonds. The number of benzene rings is 1. The van der Waals surface area contributed by atoms with Crippen molar-refractivity contribution in [2.75, 3.05) is 0 Å². The molecule has 0 aliphatic rings. The monoisotopic (exact) mass is 212 g/mol. The highest BCUT2D eigenvalue weighted by molar-refractivity contribution is 8.00. The van der Waals surface area contributed by atoms with Crippen molar-refractivity contribution in [2.45, 2.75) is 37.3 Å². The molecule has 0 saturated carbocycles. The smallest absolute Gasteiger partial charge is 0.133 e. The SMILES string of the molecule is Cc1cc(O)c(SC(C)(C)C)c(O)c1. The van der Waals surface area contributed by atoms with Crippen LogP contribution >= 0.6 is 11.8 Å². The Kier molecular flexibility index (Phi) is 3.00. The first kappa shape index (κ1) is 11.2. The van der Waals surface area contributed by atoms with Crippen LogP contribution in [0.4, 0.5) is 0 Å².